The lowest BCUT2D eigenvalue weighted by molar-refractivity contribution is 0.0948. The molecule has 1 amide bonds. The van der Waals surface area contributed by atoms with Crippen LogP contribution in [0.2, 0.25) is 0 Å². The minimum absolute atomic E-state index is 0.0172. The van der Waals surface area contributed by atoms with E-state index in [1.165, 1.54) is 12.3 Å². The molecule has 2 rings (SSSR count). The van der Waals surface area contributed by atoms with Gasteiger partial charge in [-0.1, -0.05) is 0 Å². The van der Waals surface area contributed by atoms with Crippen LogP contribution in [0.4, 0.5) is 10.2 Å². The second-order valence-electron chi connectivity index (χ2n) is 4.08. The molecule has 106 valence electrons. The van der Waals surface area contributed by atoms with E-state index in [0.29, 0.717) is 19.6 Å². The number of amides is 1. The fraction of sp³-hybridized carbons (Fsp3) is 0.308. The molecule has 0 spiro atoms. The molecule has 0 fully saturated rings. The molecule has 0 aliphatic rings. The van der Waals surface area contributed by atoms with Crippen LogP contribution in [0.1, 0.15) is 17.3 Å². The molecular weight excluding hydrogens is 261 g/mol. The van der Waals surface area contributed by atoms with E-state index in [-0.39, 0.29) is 11.4 Å². The zero-order chi connectivity index (χ0) is 14.4. The van der Waals surface area contributed by atoms with Crippen molar-refractivity contribution >= 4 is 11.7 Å². The zero-order valence-electron chi connectivity index (χ0n) is 11.1. The molecular formula is C13H16FN5O. The Balaban J connectivity index is 1.96. The first-order valence-electron chi connectivity index (χ1n) is 6.36. The number of nitrogens with zero attached hydrogens (tertiary/aromatic N) is 3. The molecule has 6 nitrogen and oxygen atoms in total. The third-order valence-electron chi connectivity index (χ3n) is 2.66. The standard InChI is InChI=1S/C13H16FN5O/c1-2-15-12-11(14)10(4-6-16-12)13(20)17-7-9-19-8-3-5-18-19/h3-6,8H,2,7,9H2,1H3,(H,15,16)(H,17,20). The number of aromatic nitrogens is 3. The Morgan fingerprint density at radius 3 is 3.00 bits per heavy atom. The highest BCUT2D eigenvalue weighted by Crippen LogP contribution is 2.14. The molecule has 0 atom stereocenters. The monoisotopic (exact) mass is 277 g/mol. The number of hydrogen-bond acceptors (Lipinski definition) is 4. The largest absolute Gasteiger partial charge is 0.368 e. The summed E-state index contributed by atoms with van der Waals surface area (Å²) in [7, 11) is 0. The fourth-order valence-corrected chi connectivity index (χ4v) is 1.72. The van der Waals surface area contributed by atoms with Crippen LogP contribution in [-0.2, 0) is 6.54 Å². The Labute approximate surface area is 116 Å². The Morgan fingerprint density at radius 1 is 1.45 bits per heavy atom. The van der Waals surface area contributed by atoms with Crippen LogP contribution < -0.4 is 10.6 Å². The van der Waals surface area contributed by atoms with Crippen LogP contribution >= 0.6 is 0 Å². The maximum atomic E-state index is 14.0. The third kappa shape index (κ3) is 3.31. The normalized spacial score (nSPS) is 10.3. The summed E-state index contributed by atoms with van der Waals surface area (Å²) >= 11 is 0. The van der Waals surface area contributed by atoms with Crippen LogP contribution in [-0.4, -0.2) is 33.8 Å². The van der Waals surface area contributed by atoms with Gasteiger partial charge in [0.25, 0.3) is 5.91 Å². The van der Waals surface area contributed by atoms with E-state index >= 15 is 0 Å². The van der Waals surface area contributed by atoms with Crippen LogP contribution in [0.3, 0.4) is 0 Å². The average molecular weight is 277 g/mol. The van der Waals surface area contributed by atoms with Crippen molar-refractivity contribution in [1.82, 2.24) is 20.1 Å². The van der Waals surface area contributed by atoms with E-state index in [1.54, 1.807) is 23.1 Å². The highest BCUT2D eigenvalue weighted by atomic mass is 19.1. The first-order valence-corrected chi connectivity index (χ1v) is 6.36. The van der Waals surface area contributed by atoms with Crippen LogP contribution in [0.25, 0.3) is 0 Å². The van der Waals surface area contributed by atoms with E-state index in [9.17, 15) is 9.18 Å². The van der Waals surface area contributed by atoms with Gasteiger partial charge in [0.1, 0.15) is 0 Å². The van der Waals surface area contributed by atoms with Gasteiger partial charge >= 0.3 is 0 Å². The second-order valence-corrected chi connectivity index (χ2v) is 4.08. The molecule has 0 aliphatic carbocycles. The summed E-state index contributed by atoms with van der Waals surface area (Å²) in [4.78, 5) is 15.8. The molecule has 7 heteroatoms. The molecule has 20 heavy (non-hydrogen) atoms. The van der Waals surface area contributed by atoms with Gasteiger partial charge in [0.15, 0.2) is 11.6 Å². The Bertz CT molecular complexity index is 570. The molecule has 0 saturated carbocycles. The molecule has 2 aromatic rings. The summed E-state index contributed by atoms with van der Waals surface area (Å²) in [5.74, 6) is -1.01. The quantitative estimate of drug-likeness (QED) is 0.834. The van der Waals surface area contributed by atoms with Crippen LogP contribution in [0.15, 0.2) is 30.7 Å². The van der Waals surface area contributed by atoms with E-state index in [0.717, 1.165) is 0 Å². The van der Waals surface area contributed by atoms with E-state index in [1.807, 2.05) is 6.92 Å². The summed E-state index contributed by atoms with van der Waals surface area (Å²) < 4.78 is 15.7. The van der Waals surface area contributed by atoms with Crippen molar-refractivity contribution in [3.8, 4) is 0 Å². The number of rotatable bonds is 6. The number of pyridine rings is 1. The van der Waals surface area contributed by atoms with E-state index in [2.05, 4.69) is 20.7 Å². The summed E-state index contributed by atoms with van der Waals surface area (Å²) in [6.45, 7) is 3.27. The molecule has 0 bridgehead atoms. The number of anilines is 1. The number of carbonyl (C=O) groups is 1. The summed E-state index contributed by atoms with van der Waals surface area (Å²) in [6, 6.07) is 3.16. The number of nitrogens with one attached hydrogen (secondary N) is 2. The van der Waals surface area contributed by atoms with Crippen molar-refractivity contribution in [3.63, 3.8) is 0 Å². The Kier molecular flexibility index (Phi) is 4.65. The van der Waals surface area contributed by atoms with Crippen LogP contribution in [0.5, 0.6) is 0 Å². The number of hydrogen-bond donors (Lipinski definition) is 2. The second kappa shape index (κ2) is 6.65. The molecule has 2 aromatic heterocycles. The van der Waals surface area contributed by atoms with Gasteiger partial charge in [0, 0.05) is 31.7 Å². The van der Waals surface area contributed by atoms with Gasteiger partial charge in [-0.2, -0.15) is 5.10 Å². The Hall–Kier alpha value is -2.44. The molecule has 0 aliphatic heterocycles. The predicted molar refractivity (Wildman–Crippen MR) is 72.9 cm³/mol. The lowest BCUT2D eigenvalue weighted by Gasteiger charge is -2.09. The summed E-state index contributed by atoms with van der Waals surface area (Å²) in [6.07, 6.45) is 4.86. The first-order chi connectivity index (χ1) is 9.72. The molecule has 0 radical (unpaired) electrons. The van der Waals surface area contributed by atoms with Crippen molar-refractivity contribution in [1.29, 1.82) is 0 Å². The van der Waals surface area contributed by atoms with Gasteiger partial charge in [0.2, 0.25) is 0 Å². The lowest BCUT2D eigenvalue weighted by atomic mass is 10.2. The molecule has 0 saturated heterocycles. The highest BCUT2D eigenvalue weighted by molar-refractivity contribution is 5.95. The molecule has 2 N–H and O–H groups in total. The minimum Gasteiger partial charge on any atom is -0.368 e. The fourth-order valence-electron chi connectivity index (χ4n) is 1.72. The van der Waals surface area contributed by atoms with E-state index < -0.39 is 11.7 Å². The molecule has 0 unspecified atom stereocenters. The van der Waals surface area contributed by atoms with Gasteiger partial charge in [-0.15, -0.1) is 0 Å². The summed E-state index contributed by atoms with van der Waals surface area (Å²) in [5.41, 5.74) is -0.0172. The Morgan fingerprint density at radius 2 is 2.30 bits per heavy atom. The van der Waals surface area contributed by atoms with Crippen molar-refractivity contribution in [2.45, 2.75) is 13.5 Å². The molecule has 0 aromatic carbocycles. The lowest BCUT2D eigenvalue weighted by Crippen LogP contribution is -2.28. The van der Waals surface area contributed by atoms with Gasteiger partial charge in [-0.3, -0.25) is 9.48 Å². The maximum Gasteiger partial charge on any atom is 0.254 e. The predicted octanol–water partition coefficient (Wildman–Crippen LogP) is 1.28. The number of carbonyl (C=O) groups excluding carboxylic acids is 1. The van der Waals surface area contributed by atoms with Gasteiger partial charge in [-0.05, 0) is 19.1 Å². The third-order valence-corrected chi connectivity index (χ3v) is 2.66. The SMILES string of the molecule is CCNc1nccc(C(=O)NCCn2cccn2)c1F. The van der Waals surface area contributed by atoms with Gasteiger partial charge in [0.05, 0.1) is 12.1 Å². The smallest absolute Gasteiger partial charge is 0.254 e. The van der Waals surface area contributed by atoms with Gasteiger partial charge < -0.3 is 10.6 Å². The maximum absolute atomic E-state index is 14.0. The van der Waals surface area contributed by atoms with Crippen molar-refractivity contribution in [2.24, 2.45) is 0 Å². The average Bonchev–Trinajstić information content (AvgIpc) is 2.94. The highest BCUT2D eigenvalue weighted by Gasteiger charge is 2.15. The molecule has 2 heterocycles. The van der Waals surface area contributed by atoms with Crippen molar-refractivity contribution < 1.29 is 9.18 Å². The summed E-state index contributed by atoms with van der Waals surface area (Å²) in [5, 5.41) is 9.43. The van der Waals surface area contributed by atoms with Gasteiger partial charge in [-0.25, -0.2) is 9.37 Å². The number of halogens is 1. The topological polar surface area (TPSA) is 71.8 Å². The van der Waals surface area contributed by atoms with E-state index in [4.69, 9.17) is 0 Å². The van der Waals surface area contributed by atoms with Crippen molar-refractivity contribution in [2.75, 3.05) is 18.4 Å². The minimum atomic E-state index is -0.633. The zero-order valence-corrected chi connectivity index (χ0v) is 11.1. The van der Waals surface area contributed by atoms with Crippen molar-refractivity contribution in [3.05, 3.63) is 42.1 Å². The first kappa shape index (κ1) is 14.0. The van der Waals surface area contributed by atoms with Crippen LogP contribution in [0, 0.1) is 5.82 Å².